The van der Waals surface area contributed by atoms with Gasteiger partial charge in [0.05, 0.1) is 0 Å². The first-order valence-electron chi connectivity index (χ1n) is 5.91. The highest BCUT2D eigenvalue weighted by Crippen LogP contribution is 2.49. The van der Waals surface area contributed by atoms with Crippen LogP contribution in [0.5, 0.6) is 0 Å². The van der Waals surface area contributed by atoms with Gasteiger partial charge in [0, 0.05) is 12.4 Å². The molecular formula is C11H18N2S2Si2. The van der Waals surface area contributed by atoms with Crippen molar-refractivity contribution in [3.8, 4) is 0 Å². The van der Waals surface area contributed by atoms with Gasteiger partial charge in [-0.3, -0.25) is 0 Å². The van der Waals surface area contributed by atoms with E-state index in [2.05, 4.69) is 58.5 Å². The molecule has 3 rings (SSSR count). The predicted octanol–water partition coefficient (Wildman–Crippen LogP) is 4.12. The lowest BCUT2D eigenvalue weighted by Crippen LogP contribution is -2.52. The monoisotopic (exact) mass is 298 g/mol. The van der Waals surface area contributed by atoms with E-state index in [9.17, 15) is 0 Å². The summed E-state index contributed by atoms with van der Waals surface area (Å²) in [7, 11) is -2.66. The molecular weight excluding hydrogens is 280 g/mol. The van der Waals surface area contributed by atoms with Crippen LogP contribution in [0.3, 0.4) is 0 Å². The smallest absolute Gasteiger partial charge is 0.155 e. The summed E-state index contributed by atoms with van der Waals surface area (Å²) in [4.78, 5) is 0. The minimum absolute atomic E-state index is 1.33. The van der Waals surface area contributed by atoms with E-state index in [4.69, 9.17) is 0 Å². The van der Waals surface area contributed by atoms with E-state index in [0.717, 1.165) is 0 Å². The first kappa shape index (κ1) is 12.0. The molecule has 0 aliphatic carbocycles. The van der Waals surface area contributed by atoms with E-state index in [1.807, 2.05) is 23.5 Å². The number of hydrogen-bond acceptors (Lipinski definition) is 4. The largest absolute Gasteiger partial charge is 0.367 e. The molecule has 0 radical (unpaired) electrons. The van der Waals surface area contributed by atoms with Gasteiger partial charge in [-0.05, 0) is 16.5 Å². The van der Waals surface area contributed by atoms with Gasteiger partial charge < -0.3 is 9.13 Å². The minimum atomic E-state index is -1.33. The quantitative estimate of drug-likeness (QED) is 0.620. The molecule has 0 bridgehead atoms. The first-order valence-corrected chi connectivity index (χ1v) is 14.0. The Balaban J connectivity index is 2.14. The summed E-state index contributed by atoms with van der Waals surface area (Å²) in [6, 6.07) is 0. The SMILES string of the molecule is C[Si]1(C)C[Si](C)(C)N2C=CSC2=C2SC=CN21. The zero-order valence-electron chi connectivity index (χ0n) is 10.7. The lowest BCUT2D eigenvalue weighted by atomic mass is 10.8. The van der Waals surface area contributed by atoms with Crippen LogP contribution in [0.25, 0.3) is 0 Å². The number of hydrogen-bond donors (Lipinski definition) is 0. The summed E-state index contributed by atoms with van der Waals surface area (Å²) in [6.07, 6.45) is 4.62. The van der Waals surface area contributed by atoms with Gasteiger partial charge in [0.15, 0.2) is 16.5 Å². The molecule has 0 unspecified atom stereocenters. The molecule has 0 aromatic carbocycles. The van der Waals surface area contributed by atoms with Crippen molar-refractivity contribution in [2.75, 3.05) is 0 Å². The Morgan fingerprint density at radius 1 is 0.882 bits per heavy atom. The Labute approximate surface area is 114 Å². The Hall–Kier alpha value is -0.0462. The van der Waals surface area contributed by atoms with Crippen LogP contribution in [0, 0.1) is 0 Å². The lowest BCUT2D eigenvalue weighted by molar-refractivity contribution is 0.710. The lowest BCUT2D eigenvalue weighted by Gasteiger charge is -2.38. The second-order valence-electron chi connectivity index (χ2n) is 5.96. The first-order chi connectivity index (χ1) is 7.92. The molecule has 0 N–H and O–H groups in total. The Morgan fingerprint density at radius 3 is 1.71 bits per heavy atom. The molecule has 2 nitrogen and oxygen atoms in total. The van der Waals surface area contributed by atoms with E-state index < -0.39 is 16.5 Å². The van der Waals surface area contributed by atoms with E-state index in [-0.39, 0.29) is 0 Å². The average molecular weight is 299 g/mol. The van der Waals surface area contributed by atoms with Gasteiger partial charge in [0.25, 0.3) is 0 Å². The van der Waals surface area contributed by atoms with Crippen LogP contribution in [0.2, 0.25) is 31.9 Å². The van der Waals surface area contributed by atoms with Gasteiger partial charge >= 0.3 is 0 Å². The third kappa shape index (κ3) is 1.76. The van der Waals surface area contributed by atoms with E-state index in [1.165, 1.54) is 15.7 Å². The number of rotatable bonds is 0. The maximum absolute atomic E-state index is 2.61. The normalized spacial score (nSPS) is 28.5. The fraction of sp³-hybridized carbons (Fsp3) is 0.455. The van der Waals surface area contributed by atoms with Gasteiger partial charge in [-0.15, -0.1) is 0 Å². The highest BCUT2D eigenvalue weighted by atomic mass is 32.2. The molecule has 0 aromatic heterocycles. The molecule has 3 aliphatic rings. The Bertz CT molecular complexity index is 414. The summed E-state index contributed by atoms with van der Waals surface area (Å²) in [6.45, 7) is 10.0. The van der Waals surface area contributed by atoms with Crippen molar-refractivity contribution in [3.63, 3.8) is 0 Å². The van der Waals surface area contributed by atoms with Crippen LogP contribution >= 0.6 is 23.5 Å². The van der Waals surface area contributed by atoms with Crippen molar-refractivity contribution in [1.82, 2.24) is 9.13 Å². The number of fused-ring (bicyclic) bond motifs is 2. The van der Waals surface area contributed by atoms with E-state index in [1.54, 1.807) is 0 Å². The van der Waals surface area contributed by atoms with Gasteiger partial charge in [-0.25, -0.2) is 0 Å². The molecule has 0 spiro atoms. The van der Waals surface area contributed by atoms with Crippen LogP contribution in [-0.4, -0.2) is 25.6 Å². The zero-order valence-corrected chi connectivity index (χ0v) is 14.4. The third-order valence-corrected chi connectivity index (χ3v) is 16.0. The summed E-state index contributed by atoms with van der Waals surface area (Å²) in [5.41, 5.74) is 1.42. The van der Waals surface area contributed by atoms with Crippen LogP contribution in [0.1, 0.15) is 0 Å². The van der Waals surface area contributed by atoms with Crippen molar-refractivity contribution in [3.05, 3.63) is 33.3 Å². The van der Waals surface area contributed by atoms with Crippen molar-refractivity contribution < 1.29 is 0 Å². The van der Waals surface area contributed by atoms with Crippen LogP contribution < -0.4 is 0 Å². The summed E-state index contributed by atoms with van der Waals surface area (Å²) in [5.74, 6) is 0. The molecule has 6 heteroatoms. The van der Waals surface area contributed by atoms with Crippen molar-refractivity contribution in [2.45, 2.75) is 31.9 Å². The van der Waals surface area contributed by atoms with Crippen molar-refractivity contribution in [1.29, 1.82) is 0 Å². The molecule has 0 atom stereocenters. The number of nitrogens with zero attached hydrogens (tertiary/aromatic N) is 2. The molecule has 92 valence electrons. The van der Waals surface area contributed by atoms with Crippen LogP contribution in [0.4, 0.5) is 0 Å². The topological polar surface area (TPSA) is 6.48 Å². The van der Waals surface area contributed by atoms with Crippen molar-refractivity contribution >= 4 is 40.0 Å². The molecule has 3 heterocycles. The number of thioether (sulfide) groups is 2. The molecule has 3 aliphatic heterocycles. The highest BCUT2D eigenvalue weighted by molar-refractivity contribution is 8.09. The molecule has 0 saturated heterocycles. The van der Waals surface area contributed by atoms with Crippen LogP contribution in [-0.2, 0) is 0 Å². The molecule has 0 fully saturated rings. The molecule has 0 aromatic rings. The molecule has 0 amide bonds. The summed E-state index contributed by atoms with van der Waals surface area (Å²) in [5, 5.41) is 7.45. The van der Waals surface area contributed by atoms with E-state index >= 15 is 0 Å². The second kappa shape index (κ2) is 3.72. The predicted molar refractivity (Wildman–Crippen MR) is 83.9 cm³/mol. The fourth-order valence-electron chi connectivity index (χ4n) is 3.05. The van der Waals surface area contributed by atoms with Crippen LogP contribution in [0.15, 0.2) is 33.3 Å². The minimum Gasteiger partial charge on any atom is -0.367 e. The summed E-state index contributed by atoms with van der Waals surface area (Å²) >= 11 is 3.80. The zero-order chi connectivity index (χ0) is 12.3. The standard InChI is InChI=1S/C11H18N2S2Si2/c1-16(2)9-17(3,4)13-6-8-15-11(13)10-12(16)5-7-14-10/h5-8H,9H2,1-4H3. The average Bonchev–Trinajstić information content (AvgIpc) is 2.83. The van der Waals surface area contributed by atoms with Gasteiger partial charge in [-0.1, -0.05) is 49.7 Å². The summed E-state index contributed by atoms with van der Waals surface area (Å²) < 4.78 is 5.23. The maximum Gasteiger partial charge on any atom is 0.155 e. The Kier molecular flexibility index (Phi) is 2.63. The Morgan fingerprint density at radius 2 is 1.29 bits per heavy atom. The second-order valence-corrected chi connectivity index (χ2v) is 17.4. The van der Waals surface area contributed by atoms with Gasteiger partial charge in [0.2, 0.25) is 0 Å². The van der Waals surface area contributed by atoms with Gasteiger partial charge in [-0.2, -0.15) is 0 Å². The van der Waals surface area contributed by atoms with Crippen molar-refractivity contribution in [2.24, 2.45) is 0 Å². The fourth-order valence-corrected chi connectivity index (χ4v) is 19.0. The van der Waals surface area contributed by atoms with Gasteiger partial charge in [0.1, 0.15) is 10.1 Å². The third-order valence-electron chi connectivity index (χ3n) is 3.57. The molecule has 17 heavy (non-hydrogen) atoms. The maximum atomic E-state index is 2.61. The van der Waals surface area contributed by atoms with E-state index in [0.29, 0.717) is 0 Å². The highest BCUT2D eigenvalue weighted by Gasteiger charge is 2.47. The molecule has 0 saturated carbocycles.